The Morgan fingerprint density at radius 1 is 1.47 bits per heavy atom. The lowest BCUT2D eigenvalue weighted by molar-refractivity contribution is -0.119. The smallest absolute Gasteiger partial charge is 0.241 e. The van der Waals surface area contributed by atoms with Gasteiger partial charge in [-0.2, -0.15) is 5.26 Å². The molecule has 0 fully saturated rings. The molecule has 1 N–H and O–H groups in total. The number of carbonyl (C=O) groups excluding carboxylic acids is 1. The quantitative estimate of drug-likeness (QED) is 0.906. The van der Waals surface area contributed by atoms with Gasteiger partial charge in [0.05, 0.1) is 12.7 Å². The molecule has 0 saturated carbocycles. The zero-order valence-electron chi connectivity index (χ0n) is 11.3. The van der Waals surface area contributed by atoms with Gasteiger partial charge in [0.25, 0.3) is 0 Å². The van der Waals surface area contributed by atoms with Crippen molar-refractivity contribution in [2.45, 2.75) is 26.7 Å². The molecule has 4 nitrogen and oxygen atoms in total. The van der Waals surface area contributed by atoms with Gasteiger partial charge in [-0.1, -0.05) is 13.8 Å². The lowest BCUT2D eigenvalue weighted by Crippen LogP contribution is -2.25. The number of fused-ring (bicyclic) bond motifs is 1. The van der Waals surface area contributed by atoms with E-state index in [4.69, 9.17) is 10.00 Å². The molecule has 0 radical (unpaired) electrons. The van der Waals surface area contributed by atoms with Crippen LogP contribution in [0.25, 0.3) is 0 Å². The molecule has 2 rings (SSSR count). The van der Waals surface area contributed by atoms with Crippen molar-refractivity contribution in [2.75, 3.05) is 11.9 Å². The Labute approximate surface area is 113 Å². The fourth-order valence-corrected chi connectivity index (χ4v) is 2.17. The monoisotopic (exact) mass is 258 g/mol. The second-order valence-electron chi connectivity index (χ2n) is 5.11. The first-order valence-electron chi connectivity index (χ1n) is 6.58. The van der Waals surface area contributed by atoms with Crippen LogP contribution in [0.3, 0.4) is 0 Å². The Kier molecular flexibility index (Phi) is 4.06. The summed E-state index contributed by atoms with van der Waals surface area (Å²) in [6, 6.07) is 7.67. The van der Waals surface area contributed by atoms with Crippen molar-refractivity contribution in [1.82, 2.24) is 0 Å². The summed E-state index contributed by atoms with van der Waals surface area (Å²) in [4.78, 5) is 12.0. The Hall–Kier alpha value is -2.02. The SMILES string of the molecule is CC(C)C(C#N)C(=O)Nc1ccc2c(c1)CCCO2. The van der Waals surface area contributed by atoms with Crippen molar-refractivity contribution in [3.05, 3.63) is 23.8 Å². The minimum atomic E-state index is -0.618. The standard InChI is InChI=1S/C15H18N2O2/c1-10(2)13(9-16)15(18)17-12-5-6-14-11(8-12)4-3-7-19-14/h5-6,8,10,13H,3-4,7H2,1-2H3,(H,17,18). The highest BCUT2D eigenvalue weighted by Gasteiger charge is 2.22. The van der Waals surface area contributed by atoms with Crippen LogP contribution in [-0.2, 0) is 11.2 Å². The Morgan fingerprint density at radius 2 is 2.26 bits per heavy atom. The Morgan fingerprint density at radius 3 is 2.95 bits per heavy atom. The molecule has 0 saturated heterocycles. The average Bonchev–Trinajstić information content (AvgIpc) is 2.39. The third-order valence-electron chi connectivity index (χ3n) is 3.26. The zero-order chi connectivity index (χ0) is 13.8. The fraction of sp³-hybridized carbons (Fsp3) is 0.467. The molecule has 1 aliphatic rings. The minimum absolute atomic E-state index is 0.00552. The third kappa shape index (κ3) is 3.05. The minimum Gasteiger partial charge on any atom is -0.493 e. The van der Waals surface area contributed by atoms with Gasteiger partial charge >= 0.3 is 0 Å². The van der Waals surface area contributed by atoms with Gasteiger partial charge < -0.3 is 10.1 Å². The van der Waals surface area contributed by atoms with Gasteiger partial charge in [0, 0.05) is 5.69 Å². The molecule has 1 aromatic rings. The predicted octanol–water partition coefficient (Wildman–Crippen LogP) is 2.75. The van der Waals surface area contributed by atoms with E-state index in [1.165, 1.54) is 0 Å². The van der Waals surface area contributed by atoms with Crippen LogP contribution in [0.5, 0.6) is 5.75 Å². The van der Waals surface area contributed by atoms with Gasteiger partial charge in [-0.3, -0.25) is 4.79 Å². The molecule has 0 aliphatic carbocycles. The molecule has 100 valence electrons. The molecule has 1 amide bonds. The van der Waals surface area contributed by atoms with Crippen molar-refractivity contribution in [3.8, 4) is 11.8 Å². The maximum atomic E-state index is 12.0. The summed E-state index contributed by atoms with van der Waals surface area (Å²) in [5.41, 5.74) is 1.84. The summed E-state index contributed by atoms with van der Waals surface area (Å²) >= 11 is 0. The summed E-state index contributed by atoms with van der Waals surface area (Å²) < 4.78 is 5.53. The molecule has 0 bridgehead atoms. The molecule has 4 heteroatoms. The molecule has 1 atom stereocenters. The van der Waals surface area contributed by atoms with Crippen LogP contribution in [0.1, 0.15) is 25.8 Å². The number of nitriles is 1. The van der Waals surface area contributed by atoms with E-state index in [0.717, 1.165) is 36.4 Å². The molecular weight excluding hydrogens is 240 g/mol. The predicted molar refractivity (Wildman–Crippen MR) is 72.8 cm³/mol. The molecule has 1 heterocycles. The molecule has 1 aliphatic heterocycles. The van der Waals surface area contributed by atoms with Gasteiger partial charge in [-0.15, -0.1) is 0 Å². The zero-order valence-corrected chi connectivity index (χ0v) is 11.3. The van der Waals surface area contributed by atoms with Crippen LogP contribution >= 0.6 is 0 Å². The number of benzene rings is 1. The number of ether oxygens (including phenoxy) is 1. The molecule has 19 heavy (non-hydrogen) atoms. The maximum Gasteiger partial charge on any atom is 0.241 e. The number of rotatable bonds is 3. The van der Waals surface area contributed by atoms with Crippen LogP contribution in [-0.4, -0.2) is 12.5 Å². The average molecular weight is 258 g/mol. The van der Waals surface area contributed by atoms with Gasteiger partial charge in [0.2, 0.25) is 5.91 Å². The van der Waals surface area contributed by atoms with E-state index < -0.39 is 5.92 Å². The summed E-state index contributed by atoms with van der Waals surface area (Å²) in [7, 11) is 0. The number of anilines is 1. The normalized spacial score (nSPS) is 15.1. The van der Waals surface area contributed by atoms with Crippen molar-refractivity contribution < 1.29 is 9.53 Å². The largest absolute Gasteiger partial charge is 0.493 e. The second kappa shape index (κ2) is 5.75. The van der Waals surface area contributed by atoms with Crippen molar-refractivity contribution in [2.24, 2.45) is 11.8 Å². The van der Waals surface area contributed by atoms with Crippen LogP contribution < -0.4 is 10.1 Å². The maximum absolute atomic E-state index is 12.0. The van der Waals surface area contributed by atoms with Crippen LogP contribution in [0, 0.1) is 23.2 Å². The Balaban J connectivity index is 2.11. The van der Waals surface area contributed by atoms with Crippen molar-refractivity contribution in [3.63, 3.8) is 0 Å². The van der Waals surface area contributed by atoms with E-state index in [-0.39, 0.29) is 11.8 Å². The molecule has 0 spiro atoms. The summed E-state index contributed by atoms with van der Waals surface area (Å²) in [6.45, 7) is 4.49. The number of nitrogens with zero attached hydrogens (tertiary/aromatic N) is 1. The number of amides is 1. The van der Waals surface area contributed by atoms with E-state index in [1.807, 2.05) is 38.1 Å². The third-order valence-corrected chi connectivity index (χ3v) is 3.26. The number of nitrogens with one attached hydrogen (secondary N) is 1. The van der Waals surface area contributed by atoms with Crippen LogP contribution in [0.15, 0.2) is 18.2 Å². The first kappa shape index (κ1) is 13.4. The van der Waals surface area contributed by atoms with Crippen molar-refractivity contribution >= 4 is 11.6 Å². The fourth-order valence-electron chi connectivity index (χ4n) is 2.17. The molecule has 0 aromatic heterocycles. The summed E-state index contributed by atoms with van der Waals surface area (Å²) in [6.07, 6.45) is 1.96. The molecular formula is C15H18N2O2. The van der Waals surface area contributed by atoms with Crippen LogP contribution in [0.4, 0.5) is 5.69 Å². The van der Waals surface area contributed by atoms with E-state index in [0.29, 0.717) is 0 Å². The Bertz CT molecular complexity index is 517. The number of hydrogen-bond acceptors (Lipinski definition) is 3. The van der Waals surface area contributed by atoms with Gasteiger partial charge in [-0.05, 0) is 42.5 Å². The first-order chi connectivity index (χ1) is 9.11. The molecule has 1 unspecified atom stereocenters. The number of carbonyl (C=O) groups is 1. The number of hydrogen-bond donors (Lipinski definition) is 1. The highest BCUT2D eigenvalue weighted by Crippen LogP contribution is 2.27. The van der Waals surface area contributed by atoms with E-state index in [1.54, 1.807) is 0 Å². The van der Waals surface area contributed by atoms with Gasteiger partial charge in [0.1, 0.15) is 11.7 Å². The molecule has 1 aromatic carbocycles. The summed E-state index contributed by atoms with van der Waals surface area (Å²) in [5.74, 6) is 0.0392. The van der Waals surface area contributed by atoms with E-state index in [9.17, 15) is 4.79 Å². The second-order valence-corrected chi connectivity index (χ2v) is 5.11. The highest BCUT2D eigenvalue weighted by molar-refractivity contribution is 5.94. The number of aryl methyl sites for hydroxylation is 1. The lowest BCUT2D eigenvalue weighted by Gasteiger charge is -2.19. The highest BCUT2D eigenvalue weighted by atomic mass is 16.5. The van der Waals surface area contributed by atoms with Crippen molar-refractivity contribution in [1.29, 1.82) is 5.26 Å². The topological polar surface area (TPSA) is 62.1 Å². The lowest BCUT2D eigenvalue weighted by atomic mass is 9.96. The van der Waals surface area contributed by atoms with Crippen LogP contribution in [0.2, 0.25) is 0 Å². The van der Waals surface area contributed by atoms with E-state index in [2.05, 4.69) is 5.32 Å². The first-order valence-corrected chi connectivity index (χ1v) is 6.58. The van der Waals surface area contributed by atoms with Gasteiger partial charge in [-0.25, -0.2) is 0 Å². The summed E-state index contributed by atoms with van der Waals surface area (Å²) in [5, 5.41) is 11.8. The van der Waals surface area contributed by atoms with Gasteiger partial charge in [0.15, 0.2) is 0 Å². The van der Waals surface area contributed by atoms with E-state index >= 15 is 0 Å².